The van der Waals surface area contributed by atoms with Crippen LogP contribution in [0.1, 0.15) is 27.2 Å². The van der Waals surface area contributed by atoms with Crippen molar-refractivity contribution >= 4 is 32.6 Å². The van der Waals surface area contributed by atoms with Gasteiger partial charge in [-0.1, -0.05) is 12.1 Å². The molecule has 1 aromatic carbocycles. The Kier molecular flexibility index (Phi) is 8.56. The summed E-state index contributed by atoms with van der Waals surface area (Å²) in [6, 6.07) is 4.81. The van der Waals surface area contributed by atoms with E-state index in [0.717, 1.165) is 22.7 Å². The van der Waals surface area contributed by atoms with Gasteiger partial charge in [0, 0.05) is 25.4 Å². The van der Waals surface area contributed by atoms with Gasteiger partial charge in [-0.3, -0.25) is 19.1 Å². The predicted molar refractivity (Wildman–Crippen MR) is 107 cm³/mol. The predicted octanol–water partition coefficient (Wildman–Crippen LogP) is 2.63. The largest absolute Gasteiger partial charge is 0.460 e. The van der Waals surface area contributed by atoms with Gasteiger partial charge < -0.3 is 13.8 Å². The van der Waals surface area contributed by atoms with Crippen molar-refractivity contribution in [3.8, 4) is 0 Å². The van der Waals surface area contributed by atoms with Gasteiger partial charge in [0.15, 0.2) is 4.90 Å². The molecule has 13 heteroatoms. The van der Waals surface area contributed by atoms with Gasteiger partial charge in [0.1, 0.15) is 5.60 Å². The summed E-state index contributed by atoms with van der Waals surface area (Å²) >= 11 is 0. The molecule has 29 heavy (non-hydrogen) atoms. The Bertz CT molecular complexity index is 830. The van der Waals surface area contributed by atoms with Crippen molar-refractivity contribution in [1.29, 1.82) is 0 Å². The van der Waals surface area contributed by atoms with E-state index in [1.54, 1.807) is 20.8 Å². The zero-order chi connectivity index (χ0) is 22.5. The first kappa shape index (κ1) is 25.3. The molecule has 1 aromatic rings. The quantitative estimate of drug-likeness (QED) is 0.308. The summed E-state index contributed by atoms with van der Waals surface area (Å²) < 4.78 is 55.4. The standard InChI is InChI=1S/C16H26N2O9S2/c1-16(2,3)27-15(19)9-10-17(11-12-26-28(4,22)23)29(24,25)14-8-6-5-7-13(14)18(20)21/h5-8,22-23H,9-12H2,1-4H3. The lowest BCUT2D eigenvalue weighted by Crippen LogP contribution is -2.37. The number of sulfonamides is 1. The van der Waals surface area contributed by atoms with Gasteiger partial charge in [-0.15, -0.1) is 0 Å². The monoisotopic (exact) mass is 454 g/mol. The molecule has 166 valence electrons. The Balaban J connectivity index is 3.12. The maximum atomic E-state index is 13.0. The normalized spacial score (nSPS) is 13.3. The summed E-state index contributed by atoms with van der Waals surface area (Å²) in [4.78, 5) is 21.8. The molecule has 0 saturated carbocycles. The van der Waals surface area contributed by atoms with Gasteiger partial charge in [0.25, 0.3) is 5.69 Å². The Labute approximate surface area is 171 Å². The minimum Gasteiger partial charge on any atom is -0.460 e. The molecule has 0 aromatic heterocycles. The number of para-hydroxylation sites is 1. The number of nitro groups is 1. The Morgan fingerprint density at radius 3 is 2.31 bits per heavy atom. The van der Waals surface area contributed by atoms with Crippen LogP contribution in [-0.4, -0.2) is 64.3 Å². The van der Waals surface area contributed by atoms with Crippen LogP contribution in [0.15, 0.2) is 29.2 Å². The highest BCUT2D eigenvalue weighted by Gasteiger charge is 2.32. The zero-order valence-electron chi connectivity index (χ0n) is 16.6. The van der Waals surface area contributed by atoms with E-state index in [-0.39, 0.29) is 19.5 Å². The van der Waals surface area contributed by atoms with Crippen LogP contribution in [-0.2, 0) is 23.7 Å². The number of hydrogen-bond acceptors (Lipinski definition) is 9. The molecule has 0 heterocycles. The Morgan fingerprint density at radius 2 is 1.79 bits per heavy atom. The highest BCUT2D eigenvalue weighted by Crippen LogP contribution is 2.34. The van der Waals surface area contributed by atoms with E-state index in [1.165, 1.54) is 12.1 Å². The minimum absolute atomic E-state index is 0.306. The van der Waals surface area contributed by atoms with Crippen molar-refractivity contribution in [3.05, 3.63) is 34.4 Å². The van der Waals surface area contributed by atoms with E-state index < -0.39 is 54.6 Å². The average Bonchev–Trinajstić information content (AvgIpc) is 2.55. The van der Waals surface area contributed by atoms with E-state index in [9.17, 15) is 32.4 Å². The zero-order valence-corrected chi connectivity index (χ0v) is 18.2. The molecule has 0 aliphatic rings. The molecule has 0 aliphatic heterocycles. The van der Waals surface area contributed by atoms with E-state index in [2.05, 4.69) is 0 Å². The van der Waals surface area contributed by atoms with E-state index in [1.807, 2.05) is 0 Å². The highest BCUT2D eigenvalue weighted by atomic mass is 32.3. The van der Waals surface area contributed by atoms with Crippen molar-refractivity contribution in [2.24, 2.45) is 0 Å². The lowest BCUT2D eigenvalue weighted by molar-refractivity contribution is -0.387. The van der Waals surface area contributed by atoms with Crippen molar-refractivity contribution in [2.45, 2.75) is 37.7 Å². The fourth-order valence-corrected chi connectivity index (χ4v) is 4.20. The third kappa shape index (κ3) is 8.64. The maximum absolute atomic E-state index is 13.0. The van der Waals surface area contributed by atoms with Crippen molar-refractivity contribution < 1.29 is 36.2 Å². The molecule has 0 atom stereocenters. The number of ether oxygens (including phenoxy) is 1. The lowest BCUT2D eigenvalue weighted by Gasteiger charge is -2.26. The third-order valence-corrected chi connectivity index (χ3v) is 5.87. The topological polar surface area (TPSA) is 157 Å². The molecule has 0 fully saturated rings. The van der Waals surface area contributed by atoms with Gasteiger partial charge in [0.2, 0.25) is 10.0 Å². The van der Waals surface area contributed by atoms with Gasteiger partial charge in [-0.25, -0.2) is 8.42 Å². The SMILES string of the molecule is CC(C)(C)OC(=O)CCN(CCOS(C)(O)O)S(=O)(=O)c1ccccc1[N+](=O)[O-]. The molecule has 0 saturated heterocycles. The van der Waals surface area contributed by atoms with Gasteiger partial charge in [-0.05, 0) is 26.8 Å². The Morgan fingerprint density at radius 1 is 1.21 bits per heavy atom. The van der Waals surface area contributed by atoms with Crippen molar-refractivity contribution in [2.75, 3.05) is 26.0 Å². The number of hydrogen-bond donors (Lipinski definition) is 2. The van der Waals surface area contributed by atoms with Crippen LogP contribution in [0.3, 0.4) is 0 Å². The van der Waals surface area contributed by atoms with Crippen LogP contribution in [0.25, 0.3) is 0 Å². The number of carbonyl (C=O) groups excluding carboxylic acids is 1. The van der Waals surface area contributed by atoms with Crippen LogP contribution >= 0.6 is 10.9 Å². The molecule has 0 spiro atoms. The van der Waals surface area contributed by atoms with Crippen molar-refractivity contribution in [3.63, 3.8) is 0 Å². The molecule has 1 rings (SSSR count). The fourth-order valence-electron chi connectivity index (χ4n) is 2.22. The molecule has 11 nitrogen and oxygen atoms in total. The molecular weight excluding hydrogens is 428 g/mol. The number of nitro benzene ring substituents is 1. The van der Waals surface area contributed by atoms with Crippen LogP contribution < -0.4 is 0 Å². The number of rotatable bonds is 10. The van der Waals surface area contributed by atoms with Crippen LogP contribution in [0.4, 0.5) is 5.69 Å². The van der Waals surface area contributed by atoms with Gasteiger partial charge >= 0.3 is 5.97 Å². The van der Waals surface area contributed by atoms with E-state index in [0.29, 0.717) is 0 Å². The summed E-state index contributed by atoms with van der Waals surface area (Å²) in [5, 5.41) is 11.2. The summed E-state index contributed by atoms with van der Waals surface area (Å²) in [7, 11) is -7.71. The molecule has 0 unspecified atom stereocenters. The second-order valence-electron chi connectivity index (χ2n) is 7.05. The second kappa shape index (κ2) is 9.82. The summed E-state index contributed by atoms with van der Waals surface area (Å²) in [5.74, 6) is -0.652. The van der Waals surface area contributed by atoms with E-state index in [4.69, 9.17) is 8.92 Å². The van der Waals surface area contributed by atoms with Gasteiger partial charge in [0.05, 0.1) is 28.8 Å². The third-order valence-electron chi connectivity index (χ3n) is 3.31. The van der Waals surface area contributed by atoms with Crippen LogP contribution in [0, 0.1) is 10.1 Å². The molecule has 0 bridgehead atoms. The summed E-state index contributed by atoms with van der Waals surface area (Å²) in [6.45, 7) is 3.88. The molecule has 0 radical (unpaired) electrons. The highest BCUT2D eigenvalue weighted by molar-refractivity contribution is 8.19. The lowest BCUT2D eigenvalue weighted by atomic mass is 10.2. The minimum atomic E-state index is -4.38. The summed E-state index contributed by atoms with van der Waals surface area (Å²) in [5.41, 5.74) is -1.38. The maximum Gasteiger partial charge on any atom is 0.307 e. The molecule has 2 N–H and O–H groups in total. The number of esters is 1. The number of carbonyl (C=O) groups is 1. The molecule has 0 amide bonds. The molecular formula is C16H26N2O9S2. The summed E-state index contributed by atoms with van der Waals surface area (Å²) in [6.07, 6.45) is 0.716. The van der Waals surface area contributed by atoms with E-state index >= 15 is 0 Å². The number of benzene rings is 1. The van der Waals surface area contributed by atoms with Crippen LogP contribution in [0.2, 0.25) is 0 Å². The van der Waals surface area contributed by atoms with Gasteiger partial charge in [-0.2, -0.15) is 4.31 Å². The van der Waals surface area contributed by atoms with Crippen LogP contribution in [0.5, 0.6) is 0 Å². The molecule has 0 aliphatic carbocycles. The first-order chi connectivity index (χ1) is 13.1. The Hall–Kier alpha value is -1.77. The second-order valence-corrected chi connectivity index (χ2v) is 10.7. The fraction of sp³-hybridized carbons (Fsp3) is 0.562. The smallest absolute Gasteiger partial charge is 0.307 e. The first-order valence-corrected chi connectivity index (χ1v) is 11.8. The first-order valence-electron chi connectivity index (χ1n) is 8.46. The average molecular weight is 455 g/mol. The number of nitrogens with zero attached hydrogens (tertiary/aromatic N) is 2. The van der Waals surface area contributed by atoms with Crippen molar-refractivity contribution in [1.82, 2.24) is 4.31 Å².